The molecule has 2 heterocycles. The quantitative estimate of drug-likeness (QED) is 0.874. The standard InChI is InChI=1S/C17H24N2O3/c20-17(14-5-8-18-11-14)19-15-1-3-16(4-2-15)22-12-13-6-9-21-10-7-13/h1-4,13-14,18H,5-12H2,(H,19,20). The van der Waals surface area contributed by atoms with Crippen LogP contribution in [-0.2, 0) is 9.53 Å². The first-order valence-corrected chi connectivity index (χ1v) is 8.13. The Bertz CT molecular complexity index is 477. The van der Waals surface area contributed by atoms with Crippen LogP contribution in [0.1, 0.15) is 19.3 Å². The lowest BCUT2D eigenvalue weighted by molar-refractivity contribution is -0.119. The second kappa shape index (κ2) is 7.61. The Kier molecular flexibility index (Phi) is 5.29. The van der Waals surface area contributed by atoms with E-state index in [1.54, 1.807) is 0 Å². The van der Waals surface area contributed by atoms with E-state index < -0.39 is 0 Å². The lowest BCUT2D eigenvalue weighted by Gasteiger charge is -2.22. The van der Waals surface area contributed by atoms with Crippen molar-refractivity contribution in [2.24, 2.45) is 11.8 Å². The van der Waals surface area contributed by atoms with Gasteiger partial charge in [-0.05, 0) is 56.0 Å². The number of anilines is 1. The van der Waals surface area contributed by atoms with Crippen LogP contribution in [0.4, 0.5) is 5.69 Å². The first-order valence-electron chi connectivity index (χ1n) is 8.13. The normalized spacial score (nSPS) is 22.5. The van der Waals surface area contributed by atoms with Gasteiger partial charge in [0.15, 0.2) is 0 Å². The molecule has 2 aliphatic heterocycles. The monoisotopic (exact) mass is 304 g/mol. The third-order valence-corrected chi connectivity index (χ3v) is 4.38. The molecule has 0 bridgehead atoms. The fourth-order valence-electron chi connectivity index (χ4n) is 2.88. The number of amides is 1. The van der Waals surface area contributed by atoms with Gasteiger partial charge < -0.3 is 20.1 Å². The molecular formula is C17H24N2O3. The summed E-state index contributed by atoms with van der Waals surface area (Å²) >= 11 is 0. The van der Waals surface area contributed by atoms with Gasteiger partial charge in [-0.15, -0.1) is 0 Å². The van der Waals surface area contributed by atoms with E-state index in [4.69, 9.17) is 9.47 Å². The van der Waals surface area contributed by atoms with Crippen molar-refractivity contribution in [2.45, 2.75) is 19.3 Å². The van der Waals surface area contributed by atoms with Crippen LogP contribution in [-0.4, -0.2) is 38.8 Å². The number of ether oxygens (including phenoxy) is 2. The highest BCUT2D eigenvalue weighted by atomic mass is 16.5. The lowest BCUT2D eigenvalue weighted by atomic mass is 10.0. The molecule has 3 rings (SSSR count). The maximum Gasteiger partial charge on any atom is 0.228 e. The number of carbonyl (C=O) groups is 1. The van der Waals surface area contributed by atoms with E-state index in [1.165, 1.54) is 0 Å². The van der Waals surface area contributed by atoms with Gasteiger partial charge in [0.25, 0.3) is 0 Å². The van der Waals surface area contributed by atoms with Crippen LogP contribution >= 0.6 is 0 Å². The van der Waals surface area contributed by atoms with Crippen LogP contribution in [0.2, 0.25) is 0 Å². The maximum atomic E-state index is 12.0. The van der Waals surface area contributed by atoms with Gasteiger partial charge >= 0.3 is 0 Å². The topological polar surface area (TPSA) is 59.6 Å². The molecule has 0 aliphatic carbocycles. The highest BCUT2D eigenvalue weighted by molar-refractivity contribution is 5.92. The van der Waals surface area contributed by atoms with Gasteiger partial charge in [-0.1, -0.05) is 0 Å². The molecule has 2 saturated heterocycles. The van der Waals surface area contributed by atoms with Crippen LogP contribution in [0.3, 0.4) is 0 Å². The van der Waals surface area contributed by atoms with Crippen molar-refractivity contribution in [2.75, 3.05) is 38.2 Å². The van der Waals surface area contributed by atoms with E-state index in [1.807, 2.05) is 24.3 Å². The first-order chi connectivity index (χ1) is 10.8. The number of hydrogen-bond acceptors (Lipinski definition) is 4. The number of nitrogens with one attached hydrogen (secondary N) is 2. The minimum Gasteiger partial charge on any atom is -0.493 e. The van der Waals surface area contributed by atoms with Crippen molar-refractivity contribution < 1.29 is 14.3 Å². The number of hydrogen-bond donors (Lipinski definition) is 2. The second-order valence-electron chi connectivity index (χ2n) is 6.07. The van der Waals surface area contributed by atoms with Crippen molar-refractivity contribution >= 4 is 11.6 Å². The summed E-state index contributed by atoms with van der Waals surface area (Å²) in [5, 5.41) is 6.17. The van der Waals surface area contributed by atoms with E-state index in [0.29, 0.717) is 5.92 Å². The highest BCUT2D eigenvalue weighted by Crippen LogP contribution is 2.20. The van der Waals surface area contributed by atoms with E-state index >= 15 is 0 Å². The zero-order valence-corrected chi connectivity index (χ0v) is 12.8. The van der Waals surface area contributed by atoms with Gasteiger partial charge in [0.2, 0.25) is 5.91 Å². The average Bonchev–Trinajstić information content (AvgIpc) is 3.10. The van der Waals surface area contributed by atoms with Crippen LogP contribution in [0.5, 0.6) is 5.75 Å². The van der Waals surface area contributed by atoms with Crippen LogP contribution in [0.15, 0.2) is 24.3 Å². The number of carbonyl (C=O) groups excluding carboxylic acids is 1. The molecule has 0 saturated carbocycles. The third kappa shape index (κ3) is 4.21. The molecule has 0 aromatic heterocycles. The van der Waals surface area contributed by atoms with E-state index in [2.05, 4.69) is 10.6 Å². The van der Waals surface area contributed by atoms with Crippen molar-refractivity contribution in [1.82, 2.24) is 5.32 Å². The highest BCUT2D eigenvalue weighted by Gasteiger charge is 2.22. The largest absolute Gasteiger partial charge is 0.493 e. The van der Waals surface area contributed by atoms with Crippen LogP contribution < -0.4 is 15.4 Å². The molecule has 1 aromatic carbocycles. The summed E-state index contributed by atoms with van der Waals surface area (Å²) in [4.78, 5) is 12.0. The van der Waals surface area contributed by atoms with Gasteiger partial charge in [-0.25, -0.2) is 0 Å². The first kappa shape index (κ1) is 15.3. The second-order valence-corrected chi connectivity index (χ2v) is 6.07. The summed E-state index contributed by atoms with van der Waals surface area (Å²) in [6, 6.07) is 7.64. The van der Waals surface area contributed by atoms with Crippen molar-refractivity contribution in [3.8, 4) is 5.75 Å². The van der Waals surface area contributed by atoms with E-state index in [0.717, 1.165) is 63.6 Å². The maximum absolute atomic E-state index is 12.0. The minimum absolute atomic E-state index is 0.0875. The van der Waals surface area contributed by atoms with Crippen LogP contribution in [0.25, 0.3) is 0 Å². The minimum atomic E-state index is 0.0875. The molecule has 2 N–H and O–H groups in total. The molecule has 1 atom stereocenters. The van der Waals surface area contributed by atoms with E-state index in [-0.39, 0.29) is 11.8 Å². The summed E-state index contributed by atoms with van der Waals surface area (Å²) in [5.74, 6) is 1.63. The molecule has 0 radical (unpaired) electrons. The molecule has 1 amide bonds. The Morgan fingerprint density at radius 3 is 2.68 bits per heavy atom. The third-order valence-electron chi connectivity index (χ3n) is 4.38. The summed E-state index contributed by atoms with van der Waals surface area (Å²) < 4.78 is 11.2. The van der Waals surface area contributed by atoms with E-state index in [9.17, 15) is 4.79 Å². The molecule has 2 fully saturated rings. The van der Waals surface area contributed by atoms with Gasteiger partial charge in [-0.3, -0.25) is 4.79 Å². The fraction of sp³-hybridized carbons (Fsp3) is 0.588. The van der Waals surface area contributed by atoms with Crippen molar-refractivity contribution in [3.05, 3.63) is 24.3 Å². The summed E-state index contributed by atoms with van der Waals surface area (Å²) in [6.07, 6.45) is 3.06. The zero-order valence-electron chi connectivity index (χ0n) is 12.8. The number of rotatable bonds is 5. The Morgan fingerprint density at radius 2 is 2.00 bits per heavy atom. The summed E-state index contributed by atoms with van der Waals surface area (Å²) in [5.41, 5.74) is 0.829. The smallest absolute Gasteiger partial charge is 0.228 e. The molecule has 1 unspecified atom stereocenters. The van der Waals surface area contributed by atoms with Gasteiger partial charge in [0.05, 0.1) is 12.5 Å². The molecule has 5 heteroatoms. The fourth-order valence-corrected chi connectivity index (χ4v) is 2.88. The lowest BCUT2D eigenvalue weighted by Crippen LogP contribution is -2.24. The van der Waals surface area contributed by atoms with Crippen LogP contribution in [0, 0.1) is 11.8 Å². The Balaban J connectivity index is 1.46. The predicted molar refractivity (Wildman–Crippen MR) is 85.1 cm³/mol. The summed E-state index contributed by atoms with van der Waals surface area (Å²) in [7, 11) is 0. The van der Waals surface area contributed by atoms with Crippen molar-refractivity contribution in [1.29, 1.82) is 0 Å². The van der Waals surface area contributed by atoms with Gasteiger partial charge in [0, 0.05) is 25.4 Å². The SMILES string of the molecule is O=C(Nc1ccc(OCC2CCOCC2)cc1)C1CCNC1. The van der Waals surface area contributed by atoms with Gasteiger partial charge in [-0.2, -0.15) is 0 Å². The number of benzene rings is 1. The van der Waals surface area contributed by atoms with Gasteiger partial charge in [0.1, 0.15) is 5.75 Å². The Hall–Kier alpha value is -1.59. The molecule has 2 aliphatic rings. The van der Waals surface area contributed by atoms with Crippen molar-refractivity contribution in [3.63, 3.8) is 0 Å². The molecule has 5 nitrogen and oxygen atoms in total. The predicted octanol–water partition coefficient (Wildman–Crippen LogP) is 2.04. The summed E-state index contributed by atoms with van der Waals surface area (Å²) in [6.45, 7) is 4.13. The molecule has 0 spiro atoms. The molecule has 1 aromatic rings. The Labute approximate surface area is 131 Å². The molecular weight excluding hydrogens is 280 g/mol. The Morgan fingerprint density at radius 1 is 1.23 bits per heavy atom. The molecule has 22 heavy (non-hydrogen) atoms. The zero-order chi connectivity index (χ0) is 15.2. The average molecular weight is 304 g/mol. The molecule has 120 valence electrons.